The van der Waals surface area contributed by atoms with Gasteiger partial charge in [-0.05, 0) is 25.8 Å². The summed E-state index contributed by atoms with van der Waals surface area (Å²) in [5.74, 6) is 0.638. The van der Waals surface area contributed by atoms with Gasteiger partial charge >= 0.3 is 5.97 Å². The standard InChI is InChI=1S/C21H21N3O2S/c1-2-26-21(25)19-17-16-18(27-19)14-10-6-7-11-15(14)23-20(16)24(12-22-17)13-8-4-3-5-9-13/h6-7,10-13H,2-5,8-9H2,1H3. The molecule has 0 bridgehead atoms. The van der Waals surface area contributed by atoms with Crippen molar-refractivity contribution in [3.8, 4) is 0 Å². The average Bonchev–Trinajstić information content (AvgIpc) is 3.10. The van der Waals surface area contributed by atoms with E-state index in [0.29, 0.717) is 23.2 Å². The molecule has 1 aliphatic heterocycles. The number of anilines is 1. The lowest BCUT2D eigenvalue weighted by molar-refractivity contribution is 0.0533. The van der Waals surface area contributed by atoms with E-state index in [1.807, 2.05) is 31.5 Å². The van der Waals surface area contributed by atoms with Crippen LogP contribution in [0.4, 0.5) is 11.5 Å². The van der Waals surface area contributed by atoms with Crippen LogP contribution in [-0.2, 0) is 4.74 Å². The number of hydrogen-bond acceptors (Lipinski definition) is 6. The zero-order chi connectivity index (χ0) is 18.4. The minimum atomic E-state index is -0.299. The fourth-order valence-corrected chi connectivity index (χ4v) is 5.37. The average molecular weight is 379 g/mol. The Hall–Kier alpha value is -2.47. The molecule has 1 saturated carbocycles. The maximum absolute atomic E-state index is 12.5. The van der Waals surface area contributed by atoms with Crippen LogP contribution in [0.3, 0.4) is 0 Å². The highest BCUT2D eigenvalue weighted by atomic mass is 32.1. The molecule has 27 heavy (non-hydrogen) atoms. The normalized spacial score (nSPS) is 17.0. The summed E-state index contributed by atoms with van der Waals surface area (Å²) in [6, 6.07) is 8.56. The number of nitrogens with zero attached hydrogens (tertiary/aromatic N) is 3. The molecule has 6 heteroatoms. The van der Waals surface area contributed by atoms with Gasteiger partial charge in [0.2, 0.25) is 0 Å². The molecule has 0 saturated heterocycles. The van der Waals surface area contributed by atoms with Crippen molar-refractivity contribution in [2.45, 2.75) is 45.1 Å². The second-order valence-electron chi connectivity index (χ2n) is 7.10. The van der Waals surface area contributed by atoms with Crippen molar-refractivity contribution in [2.75, 3.05) is 11.5 Å². The Morgan fingerprint density at radius 3 is 2.89 bits per heavy atom. The Labute approximate surface area is 161 Å². The fourth-order valence-electron chi connectivity index (χ4n) is 4.20. The van der Waals surface area contributed by atoms with Crippen molar-refractivity contribution in [3.05, 3.63) is 29.1 Å². The van der Waals surface area contributed by atoms with Gasteiger partial charge in [-0.15, -0.1) is 11.3 Å². The molecule has 5 nitrogen and oxygen atoms in total. The number of carbonyl (C=O) groups excluding carboxylic acids is 1. The highest BCUT2D eigenvalue weighted by Gasteiger charge is 2.31. The van der Waals surface area contributed by atoms with Gasteiger partial charge in [-0.3, -0.25) is 0 Å². The number of thiophene rings is 1. The van der Waals surface area contributed by atoms with Crippen molar-refractivity contribution in [2.24, 2.45) is 4.99 Å². The van der Waals surface area contributed by atoms with Gasteiger partial charge in [-0.25, -0.2) is 14.8 Å². The third-order valence-electron chi connectivity index (χ3n) is 5.47. The number of benzene rings is 1. The van der Waals surface area contributed by atoms with Gasteiger partial charge in [0.1, 0.15) is 16.4 Å². The molecular weight excluding hydrogens is 358 g/mol. The van der Waals surface area contributed by atoms with Crippen LogP contribution in [-0.4, -0.2) is 29.9 Å². The van der Waals surface area contributed by atoms with Crippen molar-refractivity contribution in [1.29, 1.82) is 0 Å². The number of aliphatic imine (C=N–C) groups is 1. The SMILES string of the molecule is CCOC(=O)c1sc2c3c(nc4ccccc42)N(C2CCCCC2)C=Nc13. The van der Waals surface area contributed by atoms with Crippen LogP contribution in [0, 0.1) is 0 Å². The van der Waals surface area contributed by atoms with E-state index >= 15 is 0 Å². The van der Waals surface area contributed by atoms with E-state index in [1.54, 1.807) is 0 Å². The molecule has 2 aromatic heterocycles. The summed E-state index contributed by atoms with van der Waals surface area (Å²) in [6.07, 6.45) is 7.99. The van der Waals surface area contributed by atoms with E-state index in [-0.39, 0.29) is 5.97 Å². The summed E-state index contributed by atoms with van der Waals surface area (Å²) in [5.41, 5.74) is 1.67. The minimum absolute atomic E-state index is 0.299. The molecule has 138 valence electrons. The van der Waals surface area contributed by atoms with E-state index in [4.69, 9.17) is 14.7 Å². The quantitative estimate of drug-likeness (QED) is 0.569. The molecule has 1 aliphatic carbocycles. The number of carbonyl (C=O) groups is 1. The smallest absolute Gasteiger partial charge is 0.350 e. The van der Waals surface area contributed by atoms with E-state index in [0.717, 1.165) is 39.6 Å². The van der Waals surface area contributed by atoms with Crippen LogP contribution in [0.1, 0.15) is 48.7 Å². The molecule has 5 rings (SSSR count). The summed E-state index contributed by atoms with van der Waals surface area (Å²) >= 11 is 1.47. The van der Waals surface area contributed by atoms with Crippen molar-refractivity contribution >= 4 is 56.1 Å². The molecule has 0 amide bonds. The zero-order valence-electron chi connectivity index (χ0n) is 15.3. The van der Waals surface area contributed by atoms with Gasteiger partial charge in [0.05, 0.1) is 28.5 Å². The summed E-state index contributed by atoms with van der Waals surface area (Å²) in [7, 11) is 0. The van der Waals surface area contributed by atoms with Crippen molar-refractivity contribution < 1.29 is 9.53 Å². The summed E-state index contributed by atoms with van der Waals surface area (Å²) < 4.78 is 6.36. The lowest BCUT2D eigenvalue weighted by Crippen LogP contribution is -2.37. The number of aromatic nitrogens is 1. The maximum Gasteiger partial charge on any atom is 0.350 e. The molecular formula is C21H21N3O2S. The topological polar surface area (TPSA) is 54.8 Å². The maximum atomic E-state index is 12.5. The molecule has 3 aromatic rings. The molecule has 0 radical (unpaired) electrons. The Balaban J connectivity index is 1.76. The van der Waals surface area contributed by atoms with Gasteiger partial charge in [-0.1, -0.05) is 37.5 Å². The van der Waals surface area contributed by atoms with Crippen LogP contribution in [0.5, 0.6) is 0 Å². The molecule has 1 aromatic carbocycles. The largest absolute Gasteiger partial charge is 0.462 e. The summed E-state index contributed by atoms with van der Waals surface area (Å²) in [6.45, 7) is 2.18. The number of rotatable bonds is 3. The first kappa shape index (κ1) is 16.7. The van der Waals surface area contributed by atoms with Gasteiger partial charge in [0, 0.05) is 11.4 Å². The molecule has 0 N–H and O–H groups in total. The lowest BCUT2D eigenvalue weighted by atomic mass is 9.94. The summed E-state index contributed by atoms with van der Waals surface area (Å²) in [5, 5.41) is 2.06. The summed E-state index contributed by atoms with van der Waals surface area (Å²) in [4.78, 5) is 25.0. The third-order valence-corrected chi connectivity index (χ3v) is 6.66. The van der Waals surface area contributed by atoms with Gasteiger partial charge < -0.3 is 9.64 Å². The number of ether oxygens (including phenoxy) is 1. The first-order valence-electron chi connectivity index (χ1n) is 9.63. The van der Waals surface area contributed by atoms with Crippen LogP contribution in [0.2, 0.25) is 0 Å². The Kier molecular flexibility index (Phi) is 4.08. The Morgan fingerprint density at radius 1 is 1.26 bits per heavy atom. The van der Waals surface area contributed by atoms with Crippen LogP contribution in [0.15, 0.2) is 29.3 Å². The predicted octanol–water partition coefficient (Wildman–Crippen LogP) is 5.44. The second kappa shape index (κ2) is 6.60. The van der Waals surface area contributed by atoms with Crippen LogP contribution >= 0.6 is 11.3 Å². The molecule has 1 fully saturated rings. The zero-order valence-corrected chi connectivity index (χ0v) is 16.1. The molecule has 0 spiro atoms. The van der Waals surface area contributed by atoms with E-state index < -0.39 is 0 Å². The predicted molar refractivity (Wildman–Crippen MR) is 111 cm³/mol. The Morgan fingerprint density at radius 2 is 2.07 bits per heavy atom. The van der Waals surface area contributed by atoms with Gasteiger partial charge in [0.15, 0.2) is 0 Å². The number of para-hydroxylation sites is 1. The fraction of sp³-hybridized carbons (Fsp3) is 0.381. The van der Waals surface area contributed by atoms with Crippen LogP contribution in [0.25, 0.3) is 21.0 Å². The Bertz CT molecular complexity index is 1070. The first-order chi connectivity index (χ1) is 13.3. The van der Waals surface area contributed by atoms with E-state index in [2.05, 4.69) is 11.0 Å². The van der Waals surface area contributed by atoms with E-state index in [9.17, 15) is 4.79 Å². The van der Waals surface area contributed by atoms with Gasteiger partial charge in [0.25, 0.3) is 0 Å². The van der Waals surface area contributed by atoms with Gasteiger partial charge in [-0.2, -0.15) is 0 Å². The van der Waals surface area contributed by atoms with Crippen LogP contribution < -0.4 is 4.90 Å². The molecule has 3 heterocycles. The minimum Gasteiger partial charge on any atom is -0.462 e. The highest BCUT2D eigenvalue weighted by Crippen LogP contribution is 2.48. The second-order valence-corrected chi connectivity index (χ2v) is 8.12. The highest BCUT2D eigenvalue weighted by molar-refractivity contribution is 7.22. The molecule has 2 aliphatic rings. The first-order valence-corrected chi connectivity index (χ1v) is 10.4. The lowest BCUT2D eigenvalue weighted by Gasteiger charge is -2.34. The number of esters is 1. The molecule has 0 atom stereocenters. The monoisotopic (exact) mass is 379 g/mol. The van der Waals surface area contributed by atoms with E-state index in [1.165, 1.54) is 30.6 Å². The molecule has 0 unspecified atom stereocenters. The van der Waals surface area contributed by atoms with Crippen molar-refractivity contribution in [3.63, 3.8) is 0 Å². The van der Waals surface area contributed by atoms with Crippen molar-refractivity contribution in [1.82, 2.24) is 4.98 Å². The third kappa shape index (κ3) is 2.62. The number of fused-ring (bicyclic) bond motifs is 2. The number of hydrogen-bond donors (Lipinski definition) is 0. The number of pyridine rings is 1.